The van der Waals surface area contributed by atoms with Gasteiger partial charge in [0.05, 0.1) is 5.69 Å². The smallest absolute Gasteiger partial charge is 0.396 e. The minimum atomic E-state index is -4.42. The molecule has 0 bridgehead atoms. The summed E-state index contributed by atoms with van der Waals surface area (Å²) in [6.07, 6.45) is -4.42. The third-order valence-corrected chi connectivity index (χ3v) is 3.10. The van der Waals surface area contributed by atoms with Crippen LogP contribution < -0.4 is 16.4 Å². The van der Waals surface area contributed by atoms with Crippen molar-refractivity contribution >= 4 is 27.9 Å². The van der Waals surface area contributed by atoms with E-state index in [-0.39, 0.29) is 21.1 Å². The molecule has 0 aliphatic carbocycles. The fraction of sp³-hybridized carbons (Fsp3) is 0.333. The molecule has 0 spiro atoms. The summed E-state index contributed by atoms with van der Waals surface area (Å²) in [7, 11) is 1.36. The Balaban J connectivity index is 3.06. The lowest BCUT2D eigenvalue weighted by Gasteiger charge is -2.07. The molecule has 18 heavy (non-hydrogen) atoms. The lowest BCUT2D eigenvalue weighted by Crippen LogP contribution is -2.21. The van der Waals surface area contributed by atoms with Gasteiger partial charge in [0.15, 0.2) is 0 Å². The van der Waals surface area contributed by atoms with E-state index in [1.165, 1.54) is 7.05 Å². The van der Waals surface area contributed by atoms with Gasteiger partial charge in [-0.1, -0.05) is 0 Å². The lowest BCUT2D eigenvalue weighted by atomic mass is 10.2. The maximum Gasteiger partial charge on any atom is 0.405 e. The molecule has 98 valence electrons. The predicted molar refractivity (Wildman–Crippen MR) is 61.4 cm³/mol. The highest BCUT2D eigenvalue weighted by Gasteiger charge is 2.28. The Morgan fingerprint density at radius 3 is 2.61 bits per heavy atom. The van der Waals surface area contributed by atoms with Crippen LogP contribution in [-0.4, -0.2) is 25.7 Å². The molecule has 1 heterocycles. The molecule has 1 rings (SSSR count). The maximum atomic E-state index is 12.1. The monoisotopic (exact) mass is 278 g/mol. The molecular formula is C9H9F3N4OS. The van der Waals surface area contributed by atoms with Gasteiger partial charge in [0.25, 0.3) is 5.91 Å². The summed E-state index contributed by atoms with van der Waals surface area (Å²) in [4.78, 5) is 11.4. The fourth-order valence-corrected chi connectivity index (χ4v) is 2.15. The summed E-state index contributed by atoms with van der Waals surface area (Å²) < 4.78 is 36.2. The fourth-order valence-electron chi connectivity index (χ4n) is 1.14. The Hall–Kier alpha value is -1.95. The molecule has 1 amide bonds. The van der Waals surface area contributed by atoms with Crippen LogP contribution in [-0.2, 0) is 0 Å². The predicted octanol–water partition coefficient (Wildman–Crippen LogP) is 1.54. The van der Waals surface area contributed by atoms with Crippen LogP contribution in [0.4, 0.5) is 23.9 Å². The lowest BCUT2D eigenvalue weighted by molar-refractivity contribution is -0.115. The van der Waals surface area contributed by atoms with Gasteiger partial charge in [0, 0.05) is 7.05 Å². The summed E-state index contributed by atoms with van der Waals surface area (Å²) in [5, 5.41) is 13.1. The topological polar surface area (TPSA) is 90.9 Å². The second-order valence-corrected chi connectivity index (χ2v) is 4.23. The van der Waals surface area contributed by atoms with Gasteiger partial charge in [-0.05, 0) is 0 Å². The largest absolute Gasteiger partial charge is 0.405 e. The number of hydrogen-bond donors (Lipinski definition) is 3. The van der Waals surface area contributed by atoms with Crippen LogP contribution in [0.3, 0.4) is 0 Å². The van der Waals surface area contributed by atoms with Crippen LogP contribution in [0, 0.1) is 11.3 Å². The summed E-state index contributed by atoms with van der Waals surface area (Å²) in [6.45, 7) is -1.30. The SMILES string of the molecule is CNC(=O)c1sc(NCC(F)(F)F)c(C#N)c1N. The van der Waals surface area contributed by atoms with Crippen LogP contribution in [0.15, 0.2) is 0 Å². The van der Waals surface area contributed by atoms with Crippen LogP contribution in [0.2, 0.25) is 0 Å². The number of nitrogen functional groups attached to an aromatic ring is 1. The number of nitrogens with two attached hydrogens (primary N) is 1. The van der Waals surface area contributed by atoms with Crippen molar-refractivity contribution in [2.45, 2.75) is 6.18 Å². The van der Waals surface area contributed by atoms with E-state index in [4.69, 9.17) is 11.0 Å². The van der Waals surface area contributed by atoms with Gasteiger partial charge in [0.2, 0.25) is 0 Å². The Morgan fingerprint density at radius 1 is 1.56 bits per heavy atom. The van der Waals surface area contributed by atoms with Crippen LogP contribution in [0.5, 0.6) is 0 Å². The minimum absolute atomic E-state index is 0.0127. The summed E-state index contributed by atoms with van der Waals surface area (Å²) in [5.74, 6) is -0.547. The Kier molecular flexibility index (Phi) is 4.03. The number of carbonyl (C=O) groups excluding carboxylic acids is 1. The molecule has 0 saturated carbocycles. The van der Waals surface area contributed by atoms with Crippen LogP contribution >= 0.6 is 11.3 Å². The molecule has 5 nitrogen and oxygen atoms in total. The molecule has 0 atom stereocenters. The summed E-state index contributed by atoms with van der Waals surface area (Å²) in [5.41, 5.74) is 5.27. The standard InChI is InChI=1S/C9H9F3N4OS/c1-15-7(17)6-5(14)4(2-13)8(18-6)16-3-9(10,11)12/h16H,3,14H2,1H3,(H,15,17). The molecular weight excluding hydrogens is 269 g/mol. The van der Waals surface area contributed by atoms with E-state index in [2.05, 4.69) is 10.6 Å². The number of nitrogens with one attached hydrogen (secondary N) is 2. The number of alkyl halides is 3. The minimum Gasteiger partial charge on any atom is -0.396 e. The summed E-state index contributed by atoms with van der Waals surface area (Å²) >= 11 is 0.713. The van der Waals surface area contributed by atoms with E-state index in [1.54, 1.807) is 6.07 Å². The van der Waals surface area contributed by atoms with Crippen LogP contribution in [0.25, 0.3) is 0 Å². The van der Waals surface area contributed by atoms with Crippen molar-refractivity contribution in [3.8, 4) is 6.07 Å². The molecule has 0 unspecified atom stereocenters. The average Bonchev–Trinajstić information content (AvgIpc) is 2.61. The van der Waals surface area contributed by atoms with Crippen molar-refractivity contribution in [1.82, 2.24) is 5.32 Å². The molecule has 0 aliphatic heterocycles. The molecule has 0 fully saturated rings. The number of hydrogen-bond acceptors (Lipinski definition) is 5. The first-order valence-electron chi connectivity index (χ1n) is 4.65. The first-order chi connectivity index (χ1) is 8.30. The van der Waals surface area contributed by atoms with E-state index in [0.29, 0.717) is 11.3 Å². The number of nitrogens with zero attached hydrogens (tertiary/aromatic N) is 1. The zero-order valence-electron chi connectivity index (χ0n) is 9.18. The van der Waals surface area contributed by atoms with E-state index < -0.39 is 18.6 Å². The highest BCUT2D eigenvalue weighted by molar-refractivity contribution is 7.18. The highest BCUT2D eigenvalue weighted by Crippen LogP contribution is 2.35. The van der Waals surface area contributed by atoms with Gasteiger partial charge in [-0.2, -0.15) is 18.4 Å². The van der Waals surface area contributed by atoms with E-state index in [0.717, 1.165) is 0 Å². The van der Waals surface area contributed by atoms with Crippen molar-refractivity contribution in [3.63, 3.8) is 0 Å². The van der Waals surface area contributed by atoms with Gasteiger partial charge in [-0.25, -0.2) is 0 Å². The molecule has 4 N–H and O–H groups in total. The van der Waals surface area contributed by atoms with E-state index >= 15 is 0 Å². The quantitative estimate of drug-likeness (QED) is 0.782. The molecule has 0 radical (unpaired) electrons. The Bertz CT molecular complexity index is 503. The second kappa shape index (κ2) is 5.14. The zero-order valence-corrected chi connectivity index (χ0v) is 10.00. The Morgan fingerprint density at radius 2 is 2.17 bits per heavy atom. The number of carbonyl (C=O) groups is 1. The van der Waals surface area contributed by atoms with Gasteiger partial charge < -0.3 is 16.4 Å². The molecule has 0 aromatic carbocycles. The third kappa shape index (κ3) is 3.04. The number of anilines is 2. The van der Waals surface area contributed by atoms with Gasteiger partial charge in [-0.15, -0.1) is 11.3 Å². The van der Waals surface area contributed by atoms with Gasteiger partial charge >= 0.3 is 6.18 Å². The number of nitriles is 1. The van der Waals surface area contributed by atoms with Crippen molar-refractivity contribution in [2.75, 3.05) is 24.6 Å². The van der Waals surface area contributed by atoms with E-state index in [1.807, 2.05) is 0 Å². The van der Waals surface area contributed by atoms with Gasteiger partial charge in [0.1, 0.15) is 28.1 Å². The molecule has 0 aliphatic rings. The second-order valence-electron chi connectivity index (χ2n) is 3.21. The number of halogens is 3. The highest BCUT2D eigenvalue weighted by atomic mass is 32.1. The number of thiophene rings is 1. The van der Waals surface area contributed by atoms with Crippen molar-refractivity contribution < 1.29 is 18.0 Å². The van der Waals surface area contributed by atoms with E-state index in [9.17, 15) is 18.0 Å². The average molecular weight is 278 g/mol. The molecule has 9 heteroatoms. The zero-order chi connectivity index (χ0) is 13.9. The molecule has 1 aromatic rings. The van der Waals surface area contributed by atoms with Crippen molar-refractivity contribution in [2.24, 2.45) is 0 Å². The van der Waals surface area contributed by atoms with Crippen LogP contribution in [0.1, 0.15) is 15.2 Å². The van der Waals surface area contributed by atoms with Crippen molar-refractivity contribution in [1.29, 1.82) is 5.26 Å². The third-order valence-electron chi connectivity index (χ3n) is 1.94. The number of rotatable bonds is 3. The van der Waals surface area contributed by atoms with Gasteiger partial charge in [-0.3, -0.25) is 4.79 Å². The molecule has 0 saturated heterocycles. The Labute approximate surface area is 104 Å². The summed E-state index contributed by atoms with van der Waals surface area (Å²) in [6, 6.07) is 1.68. The number of amides is 1. The molecule has 1 aromatic heterocycles. The normalized spacial score (nSPS) is 10.8. The first-order valence-corrected chi connectivity index (χ1v) is 5.47. The first kappa shape index (κ1) is 14.1. The maximum absolute atomic E-state index is 12.1. The van der Waals surface area contributed by atoms with Crippen molar-refractivity contribution in [3.05, 3.63) is 10.4 Å².